The van der Waals surface area contributed by atoms with Crippen LogP contribution >= 0.6 is 0 Å². The maximum atomic E-state index is 13.9. The van der Waals surface area contributed by atoms with E-state index in [2.05, 4.69) is 28.7 Å². The van der Waals surface area contributed by atoms with Crippen molar-refractivity contribution in [2.45, 2.75) is 47.2 Å². The maximum Gasteiger partial charge on any atom is 0.253 e. The number of carbonyl (C=O) groups excluding carboxylic acids is 1. The molecule has 0 bridgehead atoms. The van der Waals surface area contributed by atoms with Gasteiger partial charge >= 0.3 is 0 Å². The molecule has 0 atom stereocenters. The molecule has 0 aliphatic heterocycles. The van der Waals surface area contributed by atoms with Crippen LogP contribution in [0.25, 0.3) is 22.0 Å². The first-order valence-electron chi connectivity index (χ1n) is 11.0. The summed E-state index contributed by atoms with van der Waals surface area (Å²) in [5.74, 6) is -0.606. The number of nitrogens with one attached hydrogen (secondary N) is 2. The van der Waals surface area contributed by atoms with Crippen LogP contribution in [0.1, 0.15) is 52.6 Å². The van der Waals surface area contributed by atoms with Crippen LogP contribution in [0.4, 0.5) is 4.39 Å². The van der Waals surface area contributed by atoms with Gasteiger partial charge in [0.25, 0.3) is 11.5 Å². The average molecular weight is 446 g/mol. The van der Waals surface area contributed by atoms with E-state index < -0.39 is 0 Å². The zero-order valence-corrected chi connectivity index (χ0v) is 19.5. The van der Waals surface area contributed by atoms with Crippen molar-refractivity contribution in [1.29, 1.82) is 0 Å². The van der Waals surface area contributed by atoms with E-state index >= 15 is 0 Å². The summed E-state index contributed by atoms with van der Waals surface area (Å²) in [5.41, 5.74) is 5.81. The SMILES string of the molecule is Cc1cc(C)c(CNC(=O)c2cc(-c3cccc(F)c3)cc3c2c(C)cn3C(C)C)c(=O)[nH]1. The summed E-state index contributed by atoms with van der Waals surface area (Å²) < 4.78 is 16.1. The highest BCUT2D eigenvalue weighted by Gasteiger charge is 2.19. The normalized spacial score (nSPS) is 11.4. The van der Waals surface area contributed by atoms with Crippen LogP contribution < -0.4 is 10.9 Å². The van der Waals surface area contributed by atoms with Crippen LogP contribution in [0.15, 0.2) is 53.5 Å². The minimum Gasteiger partial charge on any atom is -0.348 e. The van der Waals surface area contributed by atoms with Crippen LogP contribution in [-0.4, -0.2) is 15.5 Å². The Labute approximate surface area is 192 Å². The van der Waals surface area contributed by atoms with Gasteiger partial charge in [0.1, 0.15) is 5.82 Å². The minimum absolute atomic E-state index is 0.121. The van der Waals surface area contributed by atoms with Gasteiger partial charge in [-0.25, -0.2) is 4.39 Å². The fourth-order valence-corrected chi connectivity index (χ4v) is 4.39. The van der Waals surface area contributed by atoms with Crippen LogP contribution in [-0.2, 0) is 6.54 Å². The van der Waals surface area contributed by atoms with Gasteiger partial charge in [-0.1, -0.05) is 12.1 Å². The Hall–Kier alpha value is -3.67. The third-order valence-corrected chi connectivity index (χ3v) is 6.00. The van der Waals surface area contributed by atoms with Crippen molar-refractivity contribution in [1.82, 2.24) is 14.9 Å². The fourth-order valence-electron chi connectivity index (χ4n) is 4.39. The molecule has 0 saturated carbocycles. The molecule has 2 aromatic heterocycles. The number of aryl methyl sites for hydroxylation is 3. The predicted molar refractivity (Wildman–Crippen MR) is 130 cm³/mol. The molecular formula is C27H28FN3O2. The number of benzene rings is 2. The monoisotopic (exact) mass is 445 g/mol. The first-order valence-corrected chi connectivity index (χ1v) is 11.0. The number of aromatic amines is 1. The third-order valence-electron chi connectivity index (χ3n) is 6.00. The average Bonchev–Trinajstić information content (AvgIpc) is 3.09. The second-order valence-corrected chi connectivity index (χ2v) is 8.87. The van der Waals surface area contributed by atoms with Gasteiger partial charge in [0.15, 0.2) is 0 Å². The Bertz CT molecular complexity index is 1430. The summed E-state index contributed by atoms with van der Waals surface area (Å²) in [4.78, 5) is 28.6. The lowest BCUT2D eigenvalue weighted by Crippen LogP contribution is -2.28. The Kier molecular flexibility index (Phi) is 5.93. The summed E-state index contributed by atoms with van der Waals surface area (Å²) in [7, 11) is 0. The van der Waals surface area contributed by atoms with Crippen molar-refractivity contribution < 1.29 is 9.18 Å². The topological polar surface area (TPSA) is 66.9 Å². The van der Waals surface area contributed by atoms with Crippen molar-refractivity contribution in [2.24, 2.45) is 0 Å². The van der Waals surface area contributed by atoms with E-state index in [1.165, 1.54) is 12.1 Å². The van der Waals surface area contributed by atoms with Crippen molar-refractivity contribution in [3.05, 3.63) is 92.8 Å². The van der Waals surface area contributed by atoms with Crippen molar-refractivity contribution in [3.63, 3.8) is 0 Å². The molecule has 6 heteroatoms. The Balaban J connectivity index is 1.82. The lowest BCUT2D eigenvalue weighted by molar-refractivity contribution is 0.0952. The molecule has 0 saturated heterocycles. The first-order chi connectivity index (χ1) is 15.7. The molecule has 0 aliphatic rings. The largest absolute Gasteiger partial charge is 0.348 e. The van der Waals surface area contributed by atoms with Gasteiger partial charge in [0.05, 0.1) is 0 Å². The molecule has 0 unspecified atom stereocenters. The maximum absolute atomic E-state index is 13.9. The molecule has 2 N–H and O–H groups in total. The van der Waals surface area contributed by atoms with E-state index in [1.807, 2.05) is 45.2 Å². The molecule has 170 valence electrons. The molecule has 2 aromatic carbocycles. The number of fused-ring (bicyclic) bond motifs is 1. The highest BCUT2D eigenvalue weighted by molar-refractivity contribution is 6.09. The fraction of sp³-hybridized carbons (Fsp3) is 0.259. The summed E-state index contributed by atoms with van der Waals surface area (Å²) >= 11 is 0. The van der Waals surface area contributed by atoms with Gasteiger partial charge in [0, 0.05) is 46.5 Å². The number of carbonyl (C=O) groups is 1. The lowest BCUT2D eigenvalue weighted by Gasteiger charge is -2.14. The summed E-state index contributed by atoms with van der Waals surface area (Å²) in [6.45, 7) is 9.96. The lowest BCUT2D eigenvalue weighted by atomic mass is 9.98. The number of H-pyrrole nitrogens is 1. The van der Waals surface area contributed by atoms with Crippen molar-refractivity contribution in [2.75, 3.05) is 0 Å². The van der Waals surface area contributed by atoms with Gasteiger partial charge in [-0.3, -0.25) is 9.59 Å². The smallest absolute Gasteiger partial charge is 0.253 e. The van der Waals surface area contributed by atoms with Crippen LogP contribution in [0.3, 0.4) is 0 Å². The number of hydrogen-bond donors (Lipinski definition) is 2. The molecule has 0 spiro atoms. The second-order valence-electron chi connectivity index (χ2n) is 8.87. The van der Waals surface area contributed by atoms with Gasteiger partial charge in [-0.05, 0) is 87.2 Å². The van der Waals surface area contributed by atoms with Crippen molar-refractivity contribution >= 4 is 16.8 Å². The van der Waals surface area contributed by atoms with Gasteiger partial charge in [0.2, 0.25) is 0 Å². The molecule has 0 aliphatic carbocycles. The van der Waals surface area contributed by atoms with E-state index in [0.29, 0.717) is 16.7 Å². The van der Waals surface area contributed by atoms with Crippen LogP contribution in [0, 0.1) is 26.6 Å². The summed E-state index contributed by atoms with van der Waals surface area (Å²) in [5, 5.41) is 3.78. The summed E-state index contributed by atoms with van der Waals surface area (Å²) in [6.07, 6.45) is 2.04. The third kappa shape index (κ3) is 4.33. The predicted octanol–water partition coefficient (Wildman–Crippen LogP) is 5.57. The zero-order valence-electron chi connectivity index (χ0n) is 19.5. The standard InChI is InChI=1S/C27H28FN3O2/c1-15(2)31-14-17(4)25-22(11-20(12-24(25)31)19-7-6-8-21(28)10-19)26(32)29-13-23-16(3)9-18(5)30-27(23)33/h6-12,14-15H,13H2,1-5H3,(H,29,32)(H,30,33). The molecule has 4 rings (SSSR count). The van der Waals surface area contributed by atoms with E-state index in [1.54, 1.807) is 12.1 Å². The first kappa shape index (κ1) is 22.5. The minimum atomic E-state index is -0.330. The number of nitrogens with zero attached hydrogens (tertiary/aromatic N) is 1. The Morgan fingerprint density at radius 1 is 1.06 bits per heavy atom. The number of aromatic nitrogens is 2. The van der Waals surface area contributed by atoms with Crippen LogP contribution in [0.5, 0.6) is 0 Å². The zero-order chi connectivity index (χ0) is 23.9. The molecule has 0 radical (unpaired) electrons. The van der Waals surface area contributed by atoms with E-state index in [0.717, 1.165) is 33.3 Å². The van der Waals surface area contributed by atoms with Gasteiger partial charge in [-0.15, -0.1) is 0 Å². The Morgan fingerprint density at radius 2 is 1.82 bits per heavy atom. The van der Waals surface area contributed by atoms with E-state index in [4.69, 9.17) is 0 Å². The quantitative estimate of drug-likeness (QED) is 0.422. The van der Waals surface area contributed by atoms with E-state index in [-0.39, 0.29) is 29.9 Å². The summed E-state index contributed by atoms with van der Waals surface area (Å²) in [6, 6.07) is 12.2. The van der Waals surface area contributed by atoms with Crippen molar-refractivity contribution in [3.8, 4) is 11.1 Å². The highest BCUT2D eigenvalue weighted by atomic mass is 19.1. The molecule has 4 aromatic rings. The molecular weight excluding hydrogens is 417 g/mol. The molecule has 1 amide bonds. The number of rotatable bonds is 5. The molecule has 5 nitrogen and oxygen atoms in total. The van der Waals surface area contributed by atoms with Crippen LogP contribution in [0.2, 0.25) is 0 Å². The Morgan fingerprint density at radius 3 is 2.48 bits per heavy atom. The highest BCUT2D eigenvalue weighted by Crippen LogP contribution is 2.33. The van der Waals surface area contributed by atoms with Gasteiger partial charge in [-0.2, -0.15) is 0 Å². The molecule has 33 heavy (non-hydrogen) atoms. The number of amides is 1. The molecule has 0 fully saturated rings. The van der Waals surface area contributed by atoms with E-state index in [9.17, 15) is 14.0 Å². The number of hydrogen-bond acceptors (Lipinski definition) is 2. The number of halogens is 1. The number of pyridine rings is 1. The molecule has 2 heterocycles. The van der Waals surface area contributed by atoms with Gasteiger partial charge < -0.3 is 14.9 Å². The second kappa shape index (κ2) is 8.70.